The fraction of sp³-hybridized carbons (Fsp3) is 0.471. The van der Waals surface area contributed by atoms with Crippen LogP contribution in [0.4, 0.5) is 5.69 Å². The van der Waals surface area contributed by atoms with Gasteiger partial charge in [0.25, 0.3) is 0 Å². The van der Waals surface area contributed by atoms with E-state index in [2.05, 4.69) is 10.1 Å². The van der Waals surface area contributed by atoms with Gasteiger partial charge in [-0.05, 0) is 32.0 Å². The molecule has 1 heterocycles. The molecule has 0 aromatic heterocycles. The van der Waals surface area contributed by atoms with Gasteiger partial charge in [0, 0.05) is 13.1 Å². The summed E-state index contributed by atoms with van der Waals surface area (Å²) in [4.78, 5) is 38.5. The lowest BCUT2D eigenvalue weighted by molar-refractivity contribution is -0.149. The third-order valence-corrected chi connectivity index (χ3v) is 4.37. The van der Waals surface area contributed by atoms with Crippen LogP contribution in [-0.2, 0) is 19.1 Å². The largest absolute Gasteiger partial charge is 0.465 e. The van der Waals surface area contributed by atoms with Gasteiger partial charge in [0.2, 0.25) is 11.8 Å². The predicted octanol–water partition coefficient (Wildman–Crippen LogP) is 1.95. The summed E-state index contributed by atoms with van der Waals surface area (Å²) in [6.07, 6.45) is 0. The smallest absolute Gasteiger partial charge is 0.337 e. The summed E-state index contributed by atoms with van der Waals surface area (Å²) >= 11 is 6.09. The Morgan fingerprint density at radius 3 is 2.48 bits per heavy atom. The second kappa shape index (κ2) is 7.84. The fourth-order valence-electron chi connectivity index (χ4n) is 2.40. The highest BCUT2D eigenvalue weighted by Crippen LogP contribution is 2.27. The van der Waals surface area contributed by atoms with Crippen LogP contribution >= 0.6 is 11.6 Å². The van der Waals surface area contributed by atoms with Crippen molar-refractivity contribution in [2.75, 3.05) is 38.7 Å². The molecule has 1 aliphatic rings. The molecular weight excluding hydrogens is 348 g/mol. The molecule has 0 atom stereocenters. The van der Waals surface area contributed by atoms with Crippen molar-refractivity contribution >= 4 is 35.1 Å². The van der Waals surface area contributed by atoms with Crippen LogP contribution in [0, 0.1) is 5.41 Å². The van der Waals surface area contributed by atoms with Gasteiger partial charge in [-0.2, -0.15) is 0 Å². The molecule has 0 unspecified atom stereocenters. The second-order valence-corrected chi connectivity index (χ2v) is 6.58. The summed E-state index contributed by atoms with van der Waals surface area (Å²) < 4.78 is 9.88. The Bertz CT molecular complexity index is 684. The van der Waals surface area contributed by atoms with E-state index >= 15 is 0 Å². The van der Waals surface area contributed by atoms with Crippen LogP contribution in [0.3, 0.4) is 0 Å². The third kappa shape index (κ3) is 4.29. The average Bonchev–Trinajstić information content (AvgIpc) is 2.62. The van der Waals surface area contributed by atoms with Crippen molar-refractivity contribution in [3.8, 4) is 0 Å². The monoisotopic (exact) mass is 368 g/mol. The summed E-state index contributed by atoms with van der Waals surface area (Å²) in [5, 5.41) is 2.89. The minimum atomic E-state index is -1.29. The lowest BCUT2D eigenvalue weighted by atomic mass is 9.90. The van der Waals surface area contributed by atoms with Crippen LogP contribution in [-0.4, -0.2) is 56.1 Å². The maximum Gasteiger partial charge on any atom is 0.337 e. The van der Waals surface area contributed by atoms with Crippen LogP contribution in [0.1, 0.15) is 24.2 Å². The van der Waals surface area contributed by atoms with Gasteiger partial charge in [0.1, 0.15) is 5.41 Å². The standard InChI is InChI=1S/C17H21ClN2O5/c1-17(2,16(23)20-6-8-25-9-7-20)15(22)19-13-10-11(14(21)24-3)4-5-12(13)18/h4-5,10H,6-9H2,1-3H3,(H,19,22). The average molecular weight is 369 g/mol. The van der Waals surface area contributed by atoms with Crippen LogP contribution < -0.4 is 5.32 Å². The molecule has 1 aromatic rings. The van der Waals surface area contributed by atoms with Crippen molar-refractivity contribution in [2.45, 2.75) is 13.8 Å². The lowest BCUT2D eigenvalue weighted by Crippen LogP contribution is -2.51. The van der Waals surface area contributed by atoms with Crippen molar-refractivity contribution in [1.82, 2.24) is 4.90 Å². The molecule has 8 heteroatoms. The van der Waals surface area contributed by atoms with E-state index in [9.17, 15) is 14.4 Å². The molecule has 2 amide bonds. The normalized spacial score (nSPS) is 14.8. The van der Waals surface area contributed by atoms with E-state index in [1.54, 1.807) is 18.7 Å². The van der Waals surface area contributed by atoms with Gasteiger partial charge in [0.05, 0.1) is 36.6 Å². The van der Waals surface area contributed by atoms with Crippen molar-refractivity contribution in [1.29, 1.82) is 0 Å². The summed E-state index contributed by atoms with van der Waals surface area (Å²) in [7, 11) is 1.26. The fourth-order valence-corrected chi connectivity index (χ4v) is 2.57. The number of rotatable bonds is 4. The molecule has 1 fully saturated rings. The van der Waals surface area contributed by atoms with Gasteiger partial charge in [-0.1, -0.05) is 11.6 Å². The van der Waals surface area contributed by atoms with Gasteiger partial charge in [-0.15, -0.1) is 0 Å². The molecule has 0 bridgehead atoms. The van der Waals surface area contributed by atoms with Crippen molar-refractivity contribution in [2.24, 2.45) is 5.41 Å². The highest BCUT2D eigenvalue weighted by molar-refractivity contribution is 6.34. The highest BCUT2D eigenvalue weighted by atomic mass is 35.5. The predicted molar refractivity (Wildman–Crippen MR) is 92.6 cm³/mol. The first-order valence-electron chi connectivity index (χ1n) is 7.84. The molecular formula is C17H21ClN2O5. The first-order chi connectivity index (χ1) is 11.8. The number of ether oxygens (including phenoxy) is 2. The number of anilines is 1. The maximum atomic E-state index is 12.7. The van der Waals surface area contributed by atoms with Gasteiger partial charge >= 0.3 is 5.97 Å². The Labute approximate surface area is 151 Å². The van der Waals surface area contributed by atoms with Crippen LogP contribution in [0.2, 0.25) is 5.02 Å². The molecule has 2 rings (SSSR count). The first-order valence-corrected chi connectivity index (χ1v) is 8.21. The quantitative estimate of drug-likeness (QED) is 0.648. The number of hydrogen-bond acceptors (Lipinski definition) is 5. The zero-order chi connectivity index (χ0) is 18.6. The molecule has 25 heavy (non-hydrogen) atoms. The zero-order valence-corrected chi connectivity index (χ0v) is 15.2. The van der Waals surface area contributed by atoms with Crippen LogP contribution in [0.15, 0.2) is 18.2 Å². The van der Waals surface area contributed by atoms with Crippen LogP contribution in [0.25, 0.3) is 0 Å². The van der Waals surface area contributed by atoms with Gasteiger partial charge in [0.15, 0.2) is 0 Å². The van der Waals surface area contributed by atoms with E-state index in [0.717, 1.165) is 0 Å². The van der Waals surface area contributed by atoms with E-state index in [1.807, 2.05) is 0 Å². The number of halogens is 1. The number of carbonyl (C=O) groups is 3. The molecule has 0 spiro atoms. The number of amides is 2. The van der Waals surface area contributed by atoms with Crippen molar-refractivity contribution in [3.63, 3.8) is 0 Å². The molecule has 0 radical (unpaired) electrons. The molecule has 1 N–H and O–H groups in total. The summed E-state index contributed by atoms with van der Waals surface area (Å²) in [5.41, 5.74) is -0.793. The highest BCUT2D eigenvalue weighted by Gasteiger charge is 2.39. The topological polar surface area (TPSA) is 84.9 Å². The van der Waals surface area contributed by atoms with Gasteiger partial charge < -0.3 is 19.7 Å². The van der Waals surface area contributed by atoms with Crippen molar-refractivity contribution < 1.29 is 23.9 Å². The molecule has 136 valence electrons. The van der Waals surface area contributed by atoms with Gasteiger partial charge in [-0.25, -0.2) is 4.79 Å². The van der Waals surface area contributed by atoms with Crippen LogP contribution in [0.5, 0.6) is 0 Å². The number of methoxy groups -OCH3 is 1. The minimum Gasteiger partial charge on any atom is -0.465 e. The van der Waals surface area contributed by atoms with E-state index in [-0.39, 0.29) is 22.2 Å². The molecule has 7 nitrogen and oxygen atoms in total. The Morgan fingerprint density at radius 1 is 1.24 bits per heavy atom. The Morgan fingerprint density at radius 2 is 1.88 bits per heavy atom. The van der Waals surface area contributed by atoms with Gasteiger partial charge in [-0.3, -0.25) is 9.59 Å². The number of nitrogens with one attached hydrogen (secondary N) is 1. The molecule has 0 aliphatic carbocycles. The summed E-state index contributed by atoms with van der Waals surface area (Å²) in [6, 6.07) is 4.40. The Hall–Kier alpha value is -2.12. The number of carbonyl (C=O) groups excluding carboxylic acids is 3. The minimum absolute atomic E-state index is 0.248. The number of nitrogens with zero attached hydrogens (tertiary/aromatic N) is 1. The number of benzene rings is 1. The lowest BCUT2D eigenvalue weighted by Gasteiger charge is -2.33. The van der Waals surface area contributed by atoms with E-state index in [1.165, 1.54) is 25.3 Å². The number of morpholine rings is 1. The molecule has 1 aliphatic heterocycles. The second-order valence-electron chi connectivity index (χ2n) is 6.17. The molecule has 1 saturated heterocycles. The number of esters is 1. The Balaban J connectivity index is 2.17. The maximum absolute atomic E-state index is 12.7. The van der Waals surface area contributed by atoms with E-state index < -0.39 is 17.3 Å². The third-order valence-electron chi connectivity index (χ3n) is 4.04. The van der Waals surface area contributed by atoms with Crippen molar-refractivity contribution in [3.05, 3.63) is 28.8 Å². The number of hydrogen-bond donors (Lipinski definition) is 1. The van der Waals surface area contributed by atoms with E-state index in [4.69, 9.17) is 16.3 Å². The zero-order valence-electron chi connectivity index (χ0n) is 14.4. The summed E-state index contributed by atoms with van der Waals surface area (Å²) in [5.74, 6) is -1.34. The van der Waals surface area contributed by atoms with E-state index in [0.29, 0.717) is 26.3 Å². The summed E-state index contributed by atoms with van der Waals surface area (Å²) in [6.45, 7) is 4.92. The first kappa shape index (κ1) is 19.2. The molecule has 1 aromatic carbocycles. The Kier molecular flexibility index (Phi) is 6.02. The SMILES string of the molecule is COC(=O)c1ccc(Cl)c(NC(=O)C(C)(C)C(=O)N2CCOCC2)c1. The molecule has 0 saturated carbocycles.